The average Bonchev–Trinajstić information content (AvgIpc) is 2.38. The summed E-state index contributed by atoms with van der Waals surface area (Å²) in [7, 11) is 0. The molecule has 2 heterocycles. The van der Waals surface area contributed by atoms with Gasteiger partial charge in [0.05, 0.1) is 0 Å². The Morgan fingerprint density at radius 2 is 2.18 bits per heavy atom. The topological polar surface area (TPSA) is 59.2 Å². The number of amides is 1. The Kier molecular flexibility index (Phi) is 4.09. The summed E-state index contributed by atoms with van der Waals surface area (Å²) in [5, 5.41) is 0. The number of hydrogen-bond acceptors (Lipinski definition) is 3. The van der Waals surface area contributed by atoms with Crippen molar-refractivity contribution in [1.29, 1.82) is 0 Å². The fraction of sp³-hybridized carbons (Fsp3) is 0.538. The van der Waals surface area contributed by atoms with E-state index in [1.165, 1.54) is 5.69 Å². The molecule has 0 bridgehead atoms. The van der Waals surface area contributed by atoms with Gasteiger partial charge in [-0.15, -0.1) is 0 Å². The molecule has 1 aliphatic heterocycles. The summed E-state index contributed by atoms with van der Waals surface area (Å²) in [4.78, 5) is 17.4. The monoisotopic (exact) mass is 233 g/mol. The molecule has 0 saturated carbocycles. The number of nitrogens with two attached hydrogens (primary N) is 1. The molecule has 0 unspecified atom stereocenters. The zero-order valence-corrected chi connectivity index (χ0v) is 10.0. The van der Waals surface area contributed by atoms with Gasteiger partial charge in [-0.05, 0) is 38.1 Å². The maximum Gasteiger partial charge on any atom is 0.218 e. The van der Waals surface area contributed by atoms with Gasteiger partial charge in [0, 0.05) is 30.8 Å². The van der Waals surface area contributed by atoms with Gasteiger partial charge in [0.25, 0.3) is 0 Å². The van der Waals surface area contributed by atoms with E-state index in [1.54, 1.807) is 0 Å². The number of hydrogen-bond donors (Lipinski definition) is 1. The molecular formula is C13H19N3O. The van der Waals surface area contributed by atoms with Crippen LogP contribution in [0.25, 0.3) is 0 Å². The van der Waals surface area contributed by atoms with E-state index in [0.717, 1.165) is 32.5 Å². The molecule has 17 heavy (non-hydrogen) atoms. The van der Waals surface area contributed by atoms with Crippen LogP contribution in [0.4, 0.5) is 0 Å². The number of nitrogens with zero attached hydrogens (tertiary/aromatic N) is 2. The number of carbonyl (C=O) groups is 1. The molecule has 1 aliphatic rings. The molecule has 1 fully saturated rings. The fourth-order valence-electron chi connectivity index (χ4n) is 2.34. The first-order chi connectivity index (χ1) is 8.25. The Balaban J connectivity index is 1.80. The van der Waals surface area contributed by atoms with Crippen LogP contribution in [-0.4, -0.2) is 35.4 Å². The summed E-state index contributed by atoms with van der Waals surface area (Å²) in [6, 6.07) is 6.09. The van der Waals surface area contributed by atoms with Crippen LogP contribution >= 0.6 is 0 Å². The zero-order chi connectivity index (χ0) is 12.1. The molecule has 2 N–H and O–H groups in total. The van der Waals surface area contributed by atoms with E-state index in [1.807, 2.05) is 18.3 Å². The normalized spacial score (nSPS) is 18.1. The second-order valence-corrected chi connectivity index (χ2v) is 4.59. The number of piperidine rings is 1. The van der Waals surface area contributed by atoms with Crippen molar-refractivity contribution >= 4 is 5.91 Å². The largest absolute Gasteiger partial charge is 0.370 e. The first kappa shape index (κ1) is 12.0. The Morgan fingerprint density at radius 1 is 1.41 bits per heavy atom. The Labute approximate surface area is 102 Å². The highest BCUT2D eigenvalue weighted by molar-refractivity contribution is 5.73. The summed E-state index contributed by atoms with van der Waals surface area (Å²) in [6.07, 6.45) is 4.56. The first-order valence-corrected chi connectivity index (χ1v) is 6.17. The van der Waals surface area contributed by atoms with E-state index in [4.69, 9.17) is 5.73 Å². The third-order valence-corrected chi connectivity index (χ3v) is 3.37. The maximum atomic E-state index is 10.7. The number of carbonyl (C=O) groups excluding carboxylic acids is 1. The van der Waals surface area contributed by atoms with Crippen LogP contribution in [0.15, 0.2) is 24.4 Å². The van der Waals surface area contributed by atoms with Gasteiger partial charge in [0.15, 0.2) is 0 Å². The molecule has 4 nitrogen and oxygen atoms in total. The highest BCUT2D eigenvalue weighted by Gasteiger charge is 2.21. The molecule has 2 rings (SSSR count). The van der Waals surface area contributed by atoms with Crippen LogP contribution < -0.4 is 5.73 Å². The molecule has 0 aromatic carbocycles. The Morgan fingerprint density at radius 3 is 2.76 bits per heavy atom. The number of pyridine rings is 1. The molecule has 1 aromatic rings. The van der Waals surface area contributed by atoms with Crippen molar-refractivity contribution in [3.05, 3.63) is 30.1 Å². The first-order valence-electron chi connectivity index (χ1n) is 6.17. The third-order valence-electron chi connectivity index (χ3n) is 3.37. The number of aromatic nitrogens is 1. The lowest BCUT2D eigenvalue weighted by Gasteiger charge is -2.31. The average molecular weight is 233 g/mol. The summed E-state index contributed by atoms with van der Waals surface area (Å²) in [6.45, 7) is 2.87. The lowest BCUT2D eigenvalue weighted by Crippen LogP contribution is -2.35. The van der Waals surface area contributed by atoms with E-state index < -0.39 is 0 Å². The minimum Gasteiger partial charge on any atom is -0.370 e. The summed E-state index contributed by atoms with van der Waals surface area (Å²) >= 11 is 0. The predicted octanol–water partition coefficient (Wildman–Crippen LogP) is 1.14. The van der Waals surface area contributed by atoms with Crippen LogP contribution in [0.1, 0.15) is 30.9 Å². The van der Waals surface area contributed by atoms with Crippen LogP contribution in [-0.2, 0) is 4.79 Å². The molecule has 0 spiro atoms. The van der Waals surface area contributed by atoms with Gasteiger partial charge >= 0.3 is 0 Å². The smallest absolute Gasteiger partial charge is 0.218 e. The van der Waals surface area contributed by atoms with Gasteiger partial charge in [-0.3, -0.25) is 9.78 Å². The summed E-state index contributed by atoms with van der Waals surface area (Å²) in [5.74, 6) is 0.359. The highest BCUT2D eigenvalue weighted by atomic mass is 16.1. The molecule has 4 heteroatoms. The van der Waals surface area contributed by atoms with E-state index in [9.17, 15) is 4.79 Å². The van der Waals surface area contributed by atoms with Crippen LogP contribution in [0.5, 0.6) is 0 Å². The SMILES string of the molecule is NC(=O)CCN1CCC(c2ccccn2)CC1. The number of primary amides is 1. The maximum absolute atomic E-state index is 10.7. The summed E-state index contributed by atoms with van der Waals surface area (Å²) in [5.41, 5.74) is 6.35. The molecule has 1 amide bonds. The molecule has 0 atom stereocenters. The molecule has 92 valence electrons. The molecule has 0 aliphatic carbocycles. The molecule has 0 radical (unpaired) electrons. The second kappa shape index (κ2) is 5.77. The van der Waals surface area contributed by atoms with Gasteiger partial charge < -0.3 is 10.6 Å². The van der Waals surface area contributed by atoms with Gasteiger partial charge in [0.1, 0.15) is 0 Å². The van der Waals surface area contributed by atoms with Crippen molar-refractivity contribution < 1.29 is 4.79 Å². The predicted molar refractivity (Wildman–Crippen MR) is 66.5 cm³/mol. The number of rotatable bonds is 4. The van der Waals surface area contributed by atoms with E-state index in [0.29, 0.717) is 12.3 Å². The molecule has 1 saturated heterocycles. The van der Waals surface area contributed by atoms with Crippen LogP contribution in [0.2, 0.25) is 0 Å². The highest BCUT2D eigenvalue weighted by Crippen LogP contribution is 2.26. The summed E-state index contributed by atoms with van der Waals surface area (Å²) < 4.78 is 0. The minimum absolute atomic E-state index is 0.211. The van der Waals surface area contributed by atoms with E-state index >= 15 is 0 Å². The van der Waals surface area contributed by atoms with E-state index in [-0.39, 0.29) is 5.91 Å². The van der Waals surface area contributed by atoms with Gasteiger partial charge in [0.2, 0.25) is 5.91 Å². The fourth-order valence-corrected chi connectivity index (χ4v) is 2.34. The van der Waals surface area contributed by atoms with Crippen molar-refractivity contribution in [2.24, 2.45) is 5.73 Å². The van der Waals surface area contributed by atoms with Crippen molar-refractivity contribution in [3.63, 3.8) is 0 Å². The number of likely N-dealkylation sites (tertiary alicyclic amines) is 1. The van der Waals surface area contributed by atoms with Gasteiger partial charge in [-0.1, -0.05) is 6.07 Å². The molecule has 1 aromatic heterocycles. The second-order valence-electron chi connectivity index (χ2n) is 4.59. The minimum atomic E-state index is -0.211. The lowest BCUT2D eigenvalue weighted by molar-refractivity contribution is -0.118. The quantitative estimate of drug-likeness (QED) is 0.848. The third kappa shape index (κ3) is 3.53. The van der Waals surface area contributed by atoms with Crippen LogP contribution in [0.3, 0.4) is 0 Å². The van der Waals surface area contributed by atoms with Crippen molar-refractivity contribution in [2.75, 3.05) is 19.6 Å². The van der Waals surface area contributed by atoms with Gasteiger partial charge in [-0.2, -0.15) is 0 Å². The Bertz CT molecular complexity index is 358. The van der Waals surface area contributed by atoms with Crippen LogP contribution in [0, 0.1) is 0 Å². The van der Waals surface area contributed by atoms with Crippen molar-refractivity contribution in [1.82, 2.24) is 9.88 Å². The molecular weight excluding hydrogens is 214 g/mol. The van der Waals surface area contributed by atoms with Crippen molar-refractivity contribution in [2.45, 2.75) is 25.2 Å². The van der Waals surface area contributed by atoms with Gasteiger partial charge in [-0.25, -0.2) is 0 Å². The lowest BCUT2D eigenvalue weighted by atomic mass is 9.93. The zero-order valence-electron chi connectivity index (χ0n) is 10.0. The van der Waals surface area contributed by atoms with Crippen molar-refractivity contribution in [3.8, 4) is 0 Å². The van der Waals surface area contributed by atoms with E-state index in [2.05, 4.69) is 16.0 Å². The Hall–Kier alpha value is -1.42. The standard InChI is InChI=1S/C13H19N3O/c14-13(17)6-10-16-8-4-11(5-9-16)12-3-1-2-7-15-12/h1-3,7,11H,4-6,8-10H2,(H2,14,17).